The molecule has 0 saturated heterocycles. The van der Waals surface area contributed by atoms with Crippen molar-refractivity contribution in [2.24, 2.45) is 0 Å². The summed E-state index contributed by atoms with van der Waals surface area (Å²) in [6.45, 7) is 0. The van der Waals surface area contributed by atoms with Crippen molar-refractivity contribution < 1.29 is 22.5 Å². The van der Waals surface area contributed by atoms with Gasteiger partial charge in [-0.05, 0) is 12.8 Å². The topological polar surface area (TPSA) is 92.7 Å². The molecule has 0 aromatic rings. The van der Waals surface area contributed by atoms with Gasteiger partial charge in [0.15, 0.2) is 0 Å². The second-order valence-corrected chi connectivity index (χ2v) is 4.64. The molecule has 0 bridgehead atoms. The van der Waals surface area contributed by atoms with Crippen molar-refractivity contribution in [3.8, 4) is 0 Å². The van der Waals surface area contributed by atoms with Crippen LogP contribution in [0.2, 0.25) is 0 Å². The standard InChI is InChI=1S/C6H11NO5S/c1-13(10,11)12-5-2-4(3-5)7-6(8)9/h4-5,7H,2-3H2,1H3,(H,8,9). The Hall–Kier alpha value is -0.820. The summed E-state index contributed by atoms with van der Waals surface area (Å²) >= 11 is 0. The van der Waals surface area contributed by atoms with E-state index in [2.05, 4.69) is 9.50 Å². The molecule has 1 rings (SSSR count). The third kappa shape index (κ3) is 3.60. The van der Waals surface area contributed by atoms with E-state index in [0.717, 1.165) is 6.26 Å². The van der Waals surface area contributed by atoms with Gasteiger partial charge in [0, 0.05) is 6.04 Å². The van der Waals surface area contributed by atoms with E-state index in [-0.39, 0.29) is 12.1 Å². The van der Waals surface area contributed by atoms with Crippen LogP contribution in [0.4, 0.5) is 4.79 Å². The molecule has 0 aromatic heterocycles. The van der Waals surface area contributed by atoms with Gasteiger partial charge in [0.1, 0.15) is 0 Å². The van der Waals surface area contributed by atoms with Crippen LogP contribution in [0.1, 0.15) is 12.8 Å². The molecule has 0 heterocycles. The number of carbonyl (C=O) groups is 1. The number of nitrogens with one attached hydrogen (secondary N) is 1. The highest BCUT2D eigenvalue weighted by Crippen LogP contribution is 2.24. The monoisotopic (exact) mass is 209 g/mol. The molecule has 0 spiro atoms. The van der Waals surface area contributed by atoms with Gasteiger partial charge in [-0.1, -0.05) is 0 Å². The fourth-order valence-corrected chi connectivity index (χ4v) is 1.84. The third-order valence-corrected chi connectivity index (χ3v) is 2.36. The minimum atomic E-state index is -3.41. The third-order valence-electron chi connectivity index (χ3n) is 1.73. The van der Waals surface area contributed by atoms with Crippen LogP contribution in [0.25, 0.3) is 0 Å². The van der Waals surface area contributed by atoms with Crippen LogP contribution in [0.3, 0.4) is 0 Å². The molecule has 1 fully saturated rings. The lowest BCUT2D eigenvalue weighted by Crippen LogP contribution is -2.47. The highest BCUT2D eigenvalue weighted by Gasteiger charge is 2.33. The minimum absolute atomic E-state index is 0.177. The van der Waals surface area contributed by atoms with E-state index >= 15 is 0 Å². The van der Waals surface area contributed by atoms with E-state index in [1.165, 1.54) is 0 Å². The zero-order chi connectivity index (χ0) is 10.1. The molecule has 7 heteroatoms. The highest BCUT2D eigenvalue weighted by molar-refractivity contribution is 7.86. The molecule has 0 aromatic carbocycles. The minimum Gasteiger partial charge on any atom is -0.465 e. The number of rotatable bonds is 3. The molecule has 13 heavy (non-hydrogen) atoms. The molecule has 0 atom stereocenters. The zero-order valence-electron chi connectivity index (χ0n) is 7.06. The molecular formula is C6H11NO5S. The van der Waals surface area contributed by atoms with Crippen molar-refractivity contribution >= 4 is 16.2 Å². The Kier molecular flexibility index (Phi) is 2.77. The number of carboxylic acid groups (broad SMARTS) is 1. The van der Waals surface area contributed by atoms with Crippen LogP contribution >= 0.6 is 0 Å². The van der Waals surface area contributed by atoms with Gasteiger partial charge in [0.2, 0.25) is 0 Å². The van der Waals surface area contributed by atoms with Crippen molar-refractivity contribution in [2.75, 3.05) is 6.26 Å². The summed E-state index contributed by atoms with van der Waals surface area (Å²) < 4.78 is 25.8. The lowest BCUT2D eigenvalue weighted by Gasteiger charge is -2.33. The number of amides is 1. The molecule has 1 aliphatic rings. The maximum Gasteiger partial charge on any atom is 0.404 e. The van der Waals surface area contributed by atoms with Crippen LogP contribution < -0.4 is 5.32 Å². The predicted octanol–water partition coefficient (Wildman–Crippen LogP) is -0.239. The first-order valence-electron chi connectivity index (χ1n) is 3.74. The maximum atomic E-state index is 10.6. The van der Waals surface area contributed by atoms with E-state index in [0.29, 0.717) is 12.8 Å². The molecular weight excluding hydrogens is 198 g/mol. The summed E-state index contributed by atoms with van der Waals surface area (Å²) in [5.41, 5.74) is 0. The summed E-state index contributed by atoms with van der Waals surface area (Å²) in [5, 5.41) is 10.5. The first kappa shape index (κ1) is 10.3. The molecule has 1 aliphatic carbocycles. The predicted molar refractivity (Wildman–Crippen MR) is 43.9 cm³/mol. The fourth-order valence-electron chi connectivity index (χ4n) is 1.18. The van der Waals surface area contributed by atoms with E-state index in [4.69, 9.17) is 5.11 Å². The van der Waals surface area contributed by atoms with Gasteiger partial charge in [0.05, 0.1) is 12.4 Å². The molecule has 0 aliphatic heterocycles. The lowest BCUT2D eigenvalue weighted by molar-refractivity contribution is 0.0903. The SMILES string of the molecule is CS(=O)(=O)OC1CC(NC(=O)O)C1. The van der Waals surface area contributed by atoms with E-state index < -0.39 is 16.2 Å². The van der Waals surface area contributed by atoms with Crippen molar-refractivity contribution in [3.05, 3.63) is 0 Å². The molecule has 2 N–H and O–H groups in total. The molecule has 0 unspecified atom stereocenters. The van der Waals surface area contributed by atoms with Gasteiger partial charge in [-0.25, -0.2) is 4.79 Å². The van der Waals surface area contributed by atoms with Gasteiger partial charge >= 0.3 is 6.09 Å². The summed E-state index contributed by atoms with van der Waals surface area (Å²) in [6.07, 6.45) is 0.346. The Balaban J connectivity index is 2.23. The highest BCUT2D eigenvalue weighted by atomic mass is 32.2. The van der Waals surface area contributed by atoms with Crippen LogP contribution in [-0.4, -0.2) is 38.0 Å². The van der Waals surface area contributed by atoms with Gasteiger partial charge in [-0.15, -0.1) is 0 Å². The molecule has 6 nitrogen and oxygen atoms in total. The maximum absolute atomic E-state index is 10.6. The molecule has 0 radical (unpaired) electrons. The molecule has 1 amide bonds. The Morgan fingerprint density at radius 1 is 1.54 bits per heavy atom. The summed E-state index contributed by atoms with van der Waals surface area (Å²) in [7, 11) is -3.41. The van der Waals surface area contributed by atoms with Gasteiger partial charge in [0.25, 0.3) is 10.1 Å². The van der Waals surface area contributed by atoms with E-state index in [1.54, 1.807) is 0 Å². The van der Waals surface area contributed by atoms with Crippen molar-refractivity contribution in [3.63, 3.8) is 0 Å². The average molecular weight is 209 g/mol. The number of hydrogen-bond donors (Lipinski definition) is 2. The van der Waals surface area contributed by atoms with Gasteiger partial charge < -0.3 is 10.4 Å². The Morgan fingerprint density at radius 3 is 2.46 bits per heavy atom. The summed E-state index contributed by atoms with van der Waals surface area (Å²) in [6, 6.07) is -0.177. The fraction of sp³-hybridized carbons (Fsp3) is 0.833. The normalized spacial score (nSPS) is 27.8. The summed E-state index contributed by atoms with van der Waals surface area (Å²) in [5.74, 6) is 0. The number of hydrogen-bond acceptors (Lipinski definition) is 4. The first-order valence-corrected chi connectivity index (χ1v) is 5.56. The van der Waals surface area contributed by atoms with Gasteiger partial charge in [-0.2, -0.15) is 8.42 Å². The van der Waals surface area contributed by atoms with Crippen molar-refractivity contribution in [2.45, 2.75) is 25.0 Å². The van der Waals surface area contributed by atoms with Crippen molar-refractivity contribution in [1.29, 1.82) is 0 Å². The Morgan fingerprint density at radius 2 is 2.08 bits per heavy atom. The largest absolute Gasteiger partial charge is 0.465 e. The zero-order valence-corrected chi connectivity index (χ0v) is 7.87. The average Bonchev–Trinajstić information content (AvgIpc) is 1.78. The first-order chi connectivity index (χ1) is 5.87. The second-order valence-electron chi connectivity index (χ2n) is 3.04. The van der Waals surface area contributed by atoms with Crippen LogP contribution in [0, 0.1) is 0 Å². The van der Waals surface area contributed by atoms with E-state index in [9.17, 15) is 13.2 Å². The smallest absolute Gasteiger partial charge is 0.404 e. The van der Waals surface area contributed by atoms with Crippen LogP contribution in [-0.2, 0) is 14.3 Å². The van der Waals surface area contributed by atoms with Crippen LogP contribution in [0.5, 0.6) is 0 Å². The molecule has 76 valence electrons. The second kappa shape index (κ2) is 3.51. The lowest BCUT2D eigenvalue weighted by atomic mass is 9.90. The van der Waals surface area contributed by atoms with E-state index in [1.807, 2.05) is 0 Å². The Labute approximate surface area is 76.0 Å². The molecule has 1 saturated carbocycles. The Bertz CT molecular complexity index is 292. The quantitative estimate of drug-likeness (QED) is 0.626. The summed E-state index contributed by atoms with van der Waals surface area (Å²) in [4.78, 5) is 10.1. The van der Waals surface area contributed by atoms with Crippen molar-refractivity contribution in [1.82, 2.24) is 5.32 Å². The van der Waals surface area contributed by atoms with Gasteiger partial charge in [-0.3, -0.25) is 4.18 Å². The van der Waals surface area contributed by atoms with Crippen LogP contribution in [0.15, 0.2) is 0 Å².